The average molecular weight is 307 g/mol. The Kier molecular flexibility index (Phi) is 5.22. The van der Waals surface area contributed by atoms with Crippen LogP contribution in [0.1, 0.15) is 12.5 Å². The van der Waals surface area contributed by atoms with Crippen molar-refractivity contribution in [2.75, 3.05) is 6.54 Å². The van der Waals surface area contributed by atoms with Crippen molar-refractivity contribution in [2.24, 2.45) is 0 Å². The van der Waals surface area contributed by atoms with Crippen LogP contribution in [0, 0.1) is 11.3 Å². The van der Waals surface area contributed by atoms with Crippen LogP contribution in [-0.2, 0) is 4.79 Å². The summed E-state index contributed by atoms with van der Waals surface area (Å²) < 4.78 is 41.0. The predicted molar refractivity (Wildman–Crippen MR) is 65.3 cm³/mol. The van der Waals surface area contributed by atoms with Gasteiger partial charge in [-0.25, -0.2) is 0 Å². The van der Waals surface area contributed by atoms with Gasteiger partial charge < -0.3 is 10.1 Å². The first-order chi connectivity index (χ1) is 9.23. The molecule has 1 rings (SSSR count). The molecule has 1 unspecified atom stereocenters. The number of nitrogens with one attached hydrogen (secondary N) is 1. The van der Waals surface area contributed by atoms with Crippen LogP contribution in [0.4, 0.5) is 13.2 Å². The second kappa shape index (κ2) is 6.48. The minimum absolute atomic E-state index is 0.132. The van der Waals surface area contributed by atoms with Crippen molar-refractivity contribution in [3.05, 3.63) is 28.8 Å². The molecule has 4 nitrogen and oxygen atoms in total. The van der Waals surface area contributed by atoms with Gasteiger partial charge in [0, 0.05) is 6.07 Å². The summed E-state index contributed by atoms with van der Waals surface area (Å²) >= 11 is 5.76. The number of alkyl halides is 3. The van der Waals surface area contributed by atoms with E-state index in [1.54, 1.807) is 5.32 Å². The summed E-state index contributed by atoms with van der Waals surface area (Å²) in [4.78, 5) is 11.4. The summed E-state index contributed by atoms with van der Waals surface area (Å²) in [7, 11) is 0. The Balaban J connectivity index is 2.62. The van der Waals surface area contributed by atoms with E-state index in [2.05, 4.69) is 0 Å². The quantitative estimate of drug-likeness (QED) is 0.930. The van der Waals surface area contributed by atoms with Gasteiger partial charge in [0.05, 0.1) is 10.6 Å². The highest BCUT2D eigenvalue weighted by Crippen LogP contribution is 2.22. The standard InChI is InChI=1S/C12H10ClF3N2O2/c1-7(11(19)18-6-12(14,15)16)20-9-3-2-8(5-17)10(13)4-9/h2-4,7H,6H2,1H3,(H,18,19). The molecule has 0 heterocycles. The summed E-state index contributed by atoms with van der Waals surface area (Å²) in [6.07, 6.45) is -5.60. The molecule has 1 N–H and O–H groups in total. The molecule has 108 valence electrons. The number of ether oxygens (including phenoxy) is 1. The Morgan fingerprint density at radius 1 is 1.55 bits per heavy atom. The summed E-state index contributed by atoms with van der Waals surface area (Å²) in [6, 6.07) is 5.94. The van der Waals surface area contributed by atoms with Crippen LogP contribution in [0.2, 0.25) is 5.02 Å². The molecule has 0 radical (unpaired) electrons. The normalized spacial score (nSPS) is 12.4. The molecule has 1 aromatic carbocycles. The lowest BCUT2D eigenvalue weighted by molar-refractivity contribution is -0.142. The van der Waals surface area contributed by atoms with E-state index in [-0.39, 0.29) is 16.3 Å². The highest BCUT2D eigenvalue weighted by Gasteiger charge is 2.29. The van der Waals surface area contributed by atoms with Crippen LogP contribution >= 0.6 is 11.6 Å². The summed E-state index contributed by atoms with van der Waals surface area (Å²) in [5.41, 5.74) is 0.230. The molecule has 0 aliphatic carbocycles. The Bertz CT molecular complexity index is 540. The number of halogens is 4. The van der Waals surface area contributed by atoms with Crippen molar-refractivity contribution in [3.8, 4) is 11.8 Å². The van der Waals surface area contributed by atoms with Gasteiger partial charge in [-0.2, -0.15) is 18.4 Å². The molecular weight excluding hydrogens is 297 g/mol. The van der Waals surface area contributed by atoms with Crippen LogP contribution < -0.4 is 10.1 Å². The zero-order valence-corrected chi connectivity index (χ0v) is 11.0. The molecule has 0 aromatic heterocycles. The zero-order chi connectivity index (χ0) is 15.3. The first kappa shape index (κ1) is 16.1. The fraction of sp³-hybridized carbons (Fsp3) is 0.333. The highest BCUT2D eigenvalue weighted by molar-refractivity contribution is 6.31. The number of hydrogen-bond acceptors (Lipinski definition) is 3. The Labute approximate surface area is 118 Å². The number of carbonyl (C=O) groups excluding carboxylic acids is 1. The molecule has 0 spiro atoms. The van der Waals surface area contributed by atoms with Gasteiger partial charge in [0.25, 0.3) is 5.91 Å². The Hall–Kier alpha value is -1.94. The smallest absolute Gasteiger partial charge is 0.405 e. The van der Waals surface area contributed by atoms with Crippen LogP contribution in [0.5, 0.6) is 5.75 Å². The van der Waals surface area contributed by atoms with Gasteiger partial charge in [-0.1, -0.05) is 11.6 Å². The number of rotatable bonds is 4. The molecule has 0 saturated carbocycles. The highest BCUT2D eigenvalue weighted by atomic mass is 35.5. The Morgan fingerprint density at radius 2 is 2.20 bits per heavy atom. The van der Waals surface area contributed by atoms with E-state index in [1.165, 1.54) is 25.1 Å². The monoisotopic (exact) mass is 306 g/mol. The number of benzene rings is 1. The van der Waals surface area contributed by atoms with Crippen LogP contribution in [0.3, 0.4) is 0 Å². The lowest BCUT2D eigenvalue weighted by Gasteiger charge is -2.15. The second-order valence-corrected chi connectivity index (χ2v) is 4.25. The largest absolute Gasteiger partial charge is 0.481 e. The van der Waals surface area contributed by atoms with E-state index in [0.29, 0.717) is 0 Å². The van der Waals surface area contributed by atoms with Gasteiger partial charge in [-0.15, -0.1) is 0 Å². The van der Waals surface area contributed by atoms with Crippen molar-refractivity contribution < 1.29 is 22.7 Å². The van der Waals surface area contributed by atoms with Crippen LogP contribution in [-0.4, -0.2) is 24.7 Å². The molecule has 1 aromatic rings. The van der Waals surface area contributed by atoms with Gasteiger partial charge in [-0.3, -0.25) is 4.79 Å². The number of hydrogen-bond donors (Lipinski definition) is 1. The van der Waals surface area contributed by atoms with Crippen LogP contribution in [0.25, 0.3) is 0 Å². The van der Waals surface area contributed by atoms with Gasteiger partial charge in [0.15, 0.2) is 6.10 Å². The first-order valence-electron chi connectivity index (χ1n) is 5.43. The molecular formula is C12H10ClF3N2O2. The third kappa shape index (κ3) is 4.97. The summed E-state index contributed by atoms with van der Waals surface area (Å²) in [5.74, 6) is -0.716. The van der Waals surface area contributed by atoms with Crippen molar-refractivity contribution in [1.29, 1.82) is 5.26 Å². The van der Waals surface area contributed by atoms with E-state index in [1.807, 2.05) is 6.07 Å². The van der Waals surface area contributed by atoms with Crippen molar-refractivity contribution >= 4 is 17.5 Å². The van der Waals surface area contributed by atoms with Crippen molar-refractivity contribution in [3.63, 3.8) is 0 Å². The van der Waals surface area contributed by atoms with Gasteiger partial charge in [0.2, 0.25) is 0 Å². The topological polar surface area (TPSA) is 62.1 Å². The lowest BCUT2D eigenvalue weighted by Crippen LogP contribution is -2.41. The van der Waals surface area contributed by atoms with Crippen LogP contribution in [0.15, 0.2) is 18.2 Å². The minimum atomic E-state index is -4.48. The van der Waals surface area contributed by atoms with Crippen molar-refractivity contribution in [2.45, 2.75) is 19.2 Å². The predicted octanol–water partition coefficient (Wildman–Crippen LogP) is 2.66. The Morgan fingerprint density at radius 3 is 2.70 bits per heavy atom. The second-order valence-electron chi connectivity index (χ2n) is 3.85. The maximum absolute atomic E-state index is 11.9. The summed E-state index contributed by atoms with van der Waals surface area (Å²) in [5, 5.41) is 10.5. The van der Waals surface area contributed by atoms with E-state index >= 15 is 0 Å². The SMILES string of the molecule is CC(Oc1ccc(C#N)c(Cl)c1)C(=O)NCC(F)(F)F. The van der Waals surface area contributed by atoms with Crippen molar-refractivity contribution in [1.82, 2.24) is 5.32 Å². The average Bonchev–Trinajstić information content (AvgIpc) is 2.35. The fourth-order valence-electron chi connectivity index (χ4n) is 1.25. The number of nitrogens with zero attached hydrogens (tertiary/aromatic N) is 1. The third-order valence-corrected chi connectivity index (χ3v) is 2.52. The molecule has 1 amide bonds. The molecule has 0 fully saturated rings. The number of amides is 1. The van der Waals surface area contributed by atoms with Gasteiger partial charge in [-0.05, 0) is 19.1 Å². The maximum atomic E-state index is 11.9. The fourth-order valence-corrected chi connectivity index (χ4v) is 1.46. The molecule has 20 heavy (non-hydrogen) atoms. The number of carbonyl (C=O) groups is 1. The molecule has 0 aliphatic heterocycles. The first-order valence-corrected chi connectivity index (χ1v) is 5.81. The van der Waals surface area contributed by atoms with E-state index < -0.39 is 24.7 Å². The molecule has 0 bridgehead atoms. The van der Waals surface area contributed by atoms with E-state index in [0.717, 1.165) is 0 Å². The molecule has 0 saturated heterocycles. The lowest BCUT2D eigenvalue weighted by atomic mass is 10.2. The zero-order valence-electron chi connectivity index (χ0n) is 10.3. The maximum Gasteiger partial charge on any atom is 0.405 e. The third-order valence-electron chi connectivity index (χ3n) is 2.21. The molecule has 8 heteroatoms. The molecule has 1 atom stereocenters. The number of nitriles is 1. The summed E-state index contributed by atoms with van der Waals surface area (Å²) in [6.45, 7) is -0.120. The van der Waals surface area contributed by atoms with Gasteiger partial charge >= 0.3 is 6.18 Å². The van der Waals surface area contributed by atoms with E-state index in [4.69, 9.17) is 21.6 Å². The minimum Gasteiger partial charge on any atom is -0.481 e. The van der Waals surface area contributed by atoms with Gasteiger partial charge in [0.1, 0.15) is 18.4 Å². The van der Waals surface area contributed by atoms with E-state index in [9.17, 15) is 18.0 Å². The molecule has 0 aliphatic rings.